The van der Waals surface area contributed by atoms with Gasteiger partial charge in [-0.2, -0.15) is 0 Å². The molecule has 1 aliphatic heterocycles. The number of methoxy groups -OCH3 is 1. The molecule has 3 rings (SSSR count). The van der Waals surface area contributed by atoms with Crippen LogP contribution < -0.4 is 5.32 Å². The van der Waals surface area contributed by atoms with Gasteiger partial charge in [0.05, 0.1) is 7.11 Å². The summed E-state index contributed by atoms with van der Waals surface area (Å²) < 4.78 is 4.48. The lowest BCUT2D eigenvalue weighted by Crippen LogP contribution is -2.43. The number of benzene rings is 2. The molecular weight excluding hydrogens is 304 g/mol. The molecule has 1 heterocycles. The molecule has 126 valence electrons. The number of carbonyl (C=O) groups is 2. The monoisotopic (exact) mass is 326 g/mol. The maximum Gasteiger partial charge on any atom is 0.407 e. The van der Waals surface area contributed by atoms with Crippen molar-refractivity contribution in [2.75, 3.05) is 26.7 Å². The lowest BCUT2D eigenvalue weighted by Gasteiger charge is -2.32. The molecule has 0 spiro atoms. The summed E-state index contributed by atoms with van der Waals surface area (Å²) in [4.78, 5) is 25.0. The molecule has 0 bridgehead atoms. The summed E-state index contributed by atoms with van der Waals surface area (Å²) in [6, 6.07) is 14.9. The zero-order valence-corrected chi connectivity index (χ0v) is 13.8. The van der Waals surface area contributed by atoms with E-state index in [1.165, 1.54) is 23.4 Å². The van der Waals surface area contributed by atoms with Crippen LogP contribution in [0.15, 0.2) is 42.5 Å². The molecule has 1 saturated heterocycles. The Balaban J connectivity index is 1.62. The fraction of sp³-hybridized carbons (Fsp3) is 0.368. The van der Waals surface area contributed by atoms with Crippen LogP contribution in [-0.4, -0.2) is 43.6 Å². The Morgan fingerprint density at radius 2 is 1.83 bits per heavy atom. The number of hydrogen-bond donors (Lipinski definition) is 1. The summed E-state index contributed by atoms with van der Waals surface area (Å²) >= 11 is 0. The van der Waals surface area contributed by atoms with Gasteiger partial charge in [0.2, 0.25) is 5.91 Å². The van der Waals surface area contributed by atoms with E-state index in [1.807, 2.05) is 4.90 Å². The third kappa shape index (κ3) is 3.50. The predicted molar refractivity (Wildman–Crippen MR) is 92.9 cm³/mol. The average Bonchev–Trinajstić information content (AvgIpc) is 2.65. The number of nitrogens with one attached hydrogen (secondary N) is 1. The number of alkyl carbamates (subject to hydrolysis) is 1. The number of ether oxygens (including phenoxy) is 1. The van der Waals surface area contributed by atoms with E-state index in [-0.39, 0.29) is 12.5 Å². The van der Waals surface area contributed by atoms with E-state index < -0.39 is 6.09 Å². The molecule has 5 nitrogen and oxygen atoms in total. The van der Waals surface area contributed by atoms with E-state index in [0.717, 1.165) is 25.9 Å². The lowest BCUT2D eigenvalue weighted by molar-refractivity contribution is -0.131. The summed E-state index contributed by atoms with van der Waals surface area (Å²) in [6.07, 6.45) is 1.31. The molecule has 24 heavy (non-hydrogen) atoms. The minimum Gasteiger partial charge on any atom is -0.453 e. The van der Waals surface area contributed by atoms with Gasteiger partial charge in [-0.3, -0.25) is 4.79 Å². The van der Waals surface area contributed by atoms with Crippen molar-refractivity contribution in [2.45, 2.75) is 18.8 Å². The molecule has 0 saturated carbocycles. The van der Waals surface area contributed by atoms with E-state index in [0.29, 0.717) is 5.92 Å². The molecular formula is C19H22N2O3. The van der Waals surface area contributed by atoms with Crippen LogP contribution in [0.4, 0.5) is 4.79 Å². The zero-order valence-electron chi connectivity index (χ0n) is 13.8. The van der Waals surface area contributed by atoms with E-state index in [2.05, 4.69) is 52.5 Å². The second-order valence-electron chi connectivity index (χ2n) is 6.07. The van der Waals surface area contributed by atoms with Gasteiger partial charge in [0, 0.05) is 13.1 Å². The molecule has 0 aliphatic carbocycles. The third-order valence-corrected chi connectivity index (χ3v) is 4.68. The second kappa shape index (κ2) is 7.34. The SMILES string of the molecule is COC(=O)NCC(=O)N1CCC(c2cccc3ccccc23)CC1. The van der Waals surface area contributed by atoms with Gasteiger partial charge in [0.15, 0.2) is 0 Å². The fourth-order valence-electron chi connectivity index (χ4n) is 3.38. The Morgan fingerprint density at radius 3 is 2.58 bits per heavy atom. The van der Waals surface area contributed by atoms with E-state index in [4.69, 9.17) is 0 Å². The molecule has 1 fully saturated rings. The third-order valence-electron chi connectivity index (χ3n) is 4.68. The molecule has 0 aromatic heterocycles. The zero-order chi connectivity index (χ0) is 16.9. The Labute approximate surface area is 141 Å². The van der Waals surface area contributed by atoms with Gasteiger partial charge in [0.1, 0.15) is 6.54 Å². The van der Waals surface area contributed by atoms with Crippen molar-refractivity contribution in [3.63, 3.8) is 0 Å². The minimum absolute atomic E-state index is 0.00833. The van der Waals surface area contributed by atoms with Gasteiger partial charge in [-0.05, 0) is 35.1 Å². The smallest absolute Gasteiger partial charge is 0.407 e. The highest BCUT2D eigenvalue weighted by molar-refractivity contribution is 5.86. The highest BCUT2D eigenvalue weighted by Gasteiger charge is 2.24. The topological polar surface area (TPSA) is 58.6 Å². The first-order valence-corrected chi connectivity index (χ1v) is 8.26. The van der Waals surface area contributed by atoms with Crippen LogP contribution in [0.5, 0.6) is 0 Å². The molecule has 1 N–H and O–H groups in total. The van der Waals surface area contributed by atoms with Crippen molar-refractivity contribution in [1.82, 2.24) is 10.2 Å². The first kappa shape index (κ1) is 16.3. The Bertz CT molecular complexity index is 731. The number of carbonyl (C=O) groups excluding carboxylic acids is 2. The number of likely N-dealkylation sites (tertiary alicyclic amines) is 1. The lowest BCUT2D eigenvalue weighted by atomic mass is 9.86. The van der Waals surface area contributed by atoms with Crippen molar-refractivity contribution in [2.24, 2.45) is 0 Å². The summed E-state index contributed by atoms with van der Waals surface area (Å²) in [7, 11) is 1.29. The molecule has 5 heteroatoms. The van der Waals surface area contributed by atoms with Gasteiger partial charge in [0.25, 0.3) is 0 Å². The normalized spacial score (nSPS) is 15.3. The highest BCUT2D eigenvalue weighted by Crippen LogP contribution is 2.32. The summed E-state index contributed by atoms with van der Waals surface area (Å²) in [5.74, 6) is 0.408. The number of amides is 2. The highest BCUT2D eigenvalue weighted by atomic mass is 16.5. The largest absolute Gasteiger partial charge is 0.453 e. The summed E-state index contributed by atoms with van der Waals surface area (Å²) in [5, 5.41) is 5.01. The first-order valence-electron chi connectivity index (χ1n) is 8.26. The summed E-state index contributed by atoms with van der Waals surface area (Å²) in [6.45, 7) is 1.43. The fourth-order valence-corrected chi connectivity index (χ4v) is 3.38. The van der Waals surface area contributed by atoms with E-state index in [1.54, 1.807) is 0 Å². The van der Waals surface area contributed by atoms with Crippen molar-refractivity contribution in [1.29, 1.82) is 0 Å². The minimum atomic E-state index is -0.575. The van der Waals surface area contributed by atoms with Gasteiger partial charge in [-0.25, -0.2) is 4.79 Å². The standard InChI is InChI=1S/C19H22N2O3/c1-24-19(23)20-13-18(22)21-11-9-15(10-12-21)17-8-4-6-14-5-2-3-7-16(14)17/h2-8,15H,9-13H2,1H3,(H,20,23). The first-order chi connectivity index (χ1) is 11.7. The van der Waals surface area contributed by atoms with Crippen LogP contribution in [-0.2, 0) is 9.53 Å². The maximum absolute atomic E-state index is 12.1. The van der Waals surface area contributed by atoms with Crippen LogP contribution >= 0.6 is 0 Å². The summed E-state index contributed by atoms with van der Waals surface area (Å²) in [5.41, 5.74) is 1.37. The molecule has 2 aromatic carbocycles. The number of nitrogens with zero attached hydrogens (tertiary/aromatic N) is 1. The van der Waals surface area contributed by atoms with Crippen LogP contribution in [0.3, 0.4) is 0 Å². The molecule has 0 unspecified atom stereocenters. The van der Waals surface area contributed by atoms with E-state index in [9.17, 15) is 9.59 Å². The Hall–Kier alpha value is -2.56. The second-order valence-corrected chi connectivity index (χ2v) is 6.07. The van der Waals surface area contributed by atoms with Gasteiger partial charge >= 0.3 is 6.09 Å². The Kier molecular flexibility index (Phi) is 4.99. The van der Waals surface area contributed by atoms with Crippen LogP contribution in [0, 0.1) is 0 Å². The quantitative estimate of drug-likeness (QED) is 0.943. The maximum atomic E-state index is 12.1. The van der Waals surface area contributed by atoms with Gasteiger partial charge in [-0.1, -0.05) is 42.5 Å². The Morgan fingerprint density at radius 1 is 1.12 bits per heavy atom. The van der Waals surface area contributed by atoms with Crippen molar-refractivity contribution in [3.8, 4) is 0 Å². The molecule has 2 amide bonds. The predicted octanol–water partition coefficient (Wildman–Crippen LogP) is 2.90. The van der Waals surface area contributed by atoms with Crippen LogP contribution in [0.25, 0.3) is 10.8 Å². The van der Waals surface area contributed by atoms with Crippen molar-refractivity contribution < 1.29 is 14.3 Å². The van der Waals surface area contributed by atoms with Crippen molar-refractivity contribution >= 4 is 22.8 Å². The van der Waals surface area contributed by atoms with Gasteiger partial charge < -0.3 is 15.0 Å². The molecule has 1 aliphatic rings. The molecule has 0 radical (unpaired) electrons. The van der Waals surface area contributed by atoms with Crippen LogP contribution in [0.2, 0.25) is 0 Å². The number of fused-ring (bicyclic) bond motifs is 1. The van der Waals surface area contributed by atoms with Crippen LogP contribution in [0.1, 0.15) is 24.3 Å². The van der Waals surface area contributed by atoms with Crippen molar-refractivity contribution in [3.05, 3.63) is 48.0 Å². The number of rotatable bonds is 3. The number of hydrogen-bond acceptors (Lipinski definition) is 3. The molecule has 0 atom stereocenters. The van der Waals surface area contributed by atoms with Gasteiger partial charge in [-0.15, -0.1) is 0 Å². The average molecular weight is 326 g/mol. The number of piperidine rings is 1. The van der Waals surface area contributed by atoms with E-state index >= 15 is 0 Å². The molecule has 2 aromatic rings.